The van der Waals surface area contributed by atoms with Crippen molar-refractivity contribution < 1.29 is 0 Å². The van der Waals surface area contributed by atoms with Crippen LogP contribution in [-0.2, 0) is 0 Å². The molecule has 0 atom stereocenters. The van der Waals surface area contributed by atoms with E-state index in [1.54, 1.807) is 0 Å². The van der Waals surface area contributed by atoms with Crippen LogP contribution in [0.15, 0.2) is 48.5 Å². The number of para-hydroxylation sites is 1. The minimum atomic E-state index is 0.705. The maximum atomic E-state index is 6.44. The number of hydrogen-bond donors (Lipinski definition) is 1. The Morgan fingerprint density at radius 3 is 2.64 bits per heavy atom. The molecule has 2 aromatic heterocycles. The summed E-state index contributed by atoms with van der Waals surface area (Å²) in [7, 11) is 0. The van der Waals surface area contributed by atoms with E-state index in [0.29, 0.717) is 10.0 Å². The van der Waals surface area contributed by atoms with Crippen LogP contribution in [0.4, 0.5) is 0 Å². The Bertz CT molecular complexity index is 1020. The van der Waals surface area contributed by atoms with Crippen molar-refractivity contribution in [1.82, 2.24) is 9.97 Å². The minimum Gasteiger partial charge on any atom is -0.358 e. The number of nitrogens with one attached hydrogen (secondary N) is 1. The zero-order valence-electron chi connectivity index (χ0n) is 11.8. The van der Waals surface area contributed by atoms with Gasteiger partial charge in [0, 0.05) is 32.6 Å². The zero-order valence-corrected chi connectivity index (χ0v) is 13.3. The first kappa shape index (κ1) is 13.6. The van der Waals surface area contributed by atoms with Crippen molar-refractivity contribution in [3.63, 3.8) is 0 Å². The summed E-state index contributed by atoms with van der Waals surface area (Å²) in [5.74, 6) is 0. The number of nitrogens with zero attached hydrogens (tertiary/aromatic N) is 1. The molecule has 0 saturated carbocycles. The van der Waals surface area contributed by atoms with Gasteiger partial charge < -0.3 is 4.98 Å². The fourth-order valence-electron chi connectivity index (χ4n) is 2.89. The predicted molar refractivity (Wildman–Crippen MR) is 93.8 cm³/mol. The van der Waals surface area contributed by atoms with Gasteiger partial charge in [0.15, 0.2) is 0 Å². The van der Waals surface area contributed by atoms with Crippen molar-refractivity contribution in [2.45, 2.75) is 6.92 Å². The number of pyridine rings is 1. The van der Waals surface area contributed by atoms with Gasteiger partial charge in [-0.3, -0.25) is 0 Å². The summed E-state index contributed by atoms with van der Waals surface area (Å²) in [5.41, 5.74) is 4.89. The predicted octanol–water partition coefficient (Wildman–Crippen LogP) is 6.00. The Labute approximate surface area is 137 Å². The molecule has 0 aliphatic rings. The van der Waals surface area contributed by atoms with E-state index in [-0.39, 0.29) is 0 Å². The molecule has 0 spiro atoms. The van der Waals surface area contributed by atoms with E-state index in [4.69, 9.17) is 28.2 Å². The smallest absolute Gasteiger partial charge is 0.0748 e. The van der Waals surface area contributed by atoms with Crippen LogP contribution in [0.5, 0.6) is 0 Å². The Balaban J connectivity index is 2.07. The van der Waals surface area contributed by atoms with Crippen LogP contribution in [0, 0.1) is 6.92 Å². The van der Waals surface area contributed by atoms with E-state index in [0.717, 1.165) is 38.8 Å². The monoisotopic (exact) mass is 326 g/mol. The molecule has 2 nitrogen and oxygen atoms in total. The Morgan fingerprint density at radius 2 is 1.77 bits per heavy atom. The average molecular weight is 327 g/mol. The average Bonchev–Trinajstić information content (AvgIpc) is 2.82. The van der Waals surface area contributed by atoms with Crippen LogP contribution in [0.3, 0.4) is 0 Å². The molecule has 108 valence electrons. The quantitative estimate of drug-likeness (QED) is 0.456. The normalized spacial score (nSPS) is 11.4. The van der Waals surface area contributed by atoms with Gasteiger partial charge in [0.1, 0.15) is 0 Å². The second-order valence-corrected chi connectivity index (χ2v) is 6.17. The molecule has 2 aromatic carbocycles. The molecule has 0 unspecified atom stereocenters. The lowest BCUT2D eigenvalue weighted by Crippen LogP contribution is -1.87. The first-order valence-electron chi connectivity index (χ1n) is 6.97. The third-order valence-corrected chi connectivity index (χ3v) is 4.42. The molecular formula is C18H12Cl2N2. The maximum absolute atomic E-state index is 6.44. The summed E-state index contributed by atoms with van der Waals surface area (Å²) in [6, 6.07) is 15.6. The van der Waals surface area contributed by atoms with Gasteiger partial charge in [-0.1, -0.05) is 41.4 Å². The molecule has 0 fully saturated rings. The number of aromatic nitrogens is 2. The van der Waals surface area contributed by atoms with Gasteiger partial charge in [0.05, 0.1) is 16.2 Å². The second-order valence-electron chi connectivity index (χ2n) is 5.32. The highest BCUT2D eigenvalue weighted by Gasteiger charge is 2.14. The van der Waals surface area contributed by atoms with Crippen molar-refractivity contribution in [2.24, 2.45) is 0 Å². The number of halogens is 2. The summed E-state index contributed by atoms with van der Waals surface area (Å²) < 4.78 is 0. The third-order valence-electron chi connectivity index (χ3n) is 3.87. The molecule has 2 heterocycles. The summed E-state index contributed by atoms with van der Waals surface area (Å²) in [6.45, 7) is 2.04. The highest BCUT2D eigenvalue weighted by molar-refractivity contribution is 6.35. The van der Waals surface area contributed by atoms with Gasteiger partial charge in [-0.2, -0.15) is 0 Å². The fraction of sp³-hybridized carbons (Fsp3) is 0.0556. The highest BCUT2D eigenvalue weighted by Crippen LogP contribution is 2.35. The largest absolute Gasteiger partial charge is 0.358 e. The topological polar surface area (TPSA) is 28.7 Å². The van der Waals surface area contributed by atoms with Gasteiger partial charge in [-0.05, 0) is 37.3 Å². The van der Waals surface area contributed by atoms with E-state index < -0.39 is 0 Å². The fourth-order valence-corrected chi connectivity index (χ4v) is 3.33. The van der Waals surface area contributed by atoms with Crippen molar-refractivity contribution in [3.05, 3.63) is 64.3 Å². The maximum Gasteiger partial charge on any atom is 0.0748 e. The molecule has 4 rings (SSSR count). The third kappa shape index (κ3) is 2.07. The number of aryl methyl sites for hydroxylation is 1. The van der Waals surface area contributed by atoms with E-state index >= 15 is 0 Å². The Kier molecular flexibility index (Phi) is 3.10. The SMILES string of the molecule is Cc1[nH]c2ccc(Cl)cc2c1-c1cc(Cl)c2ccccc2n1. The van der Waals surface area contributed by atoms with Gasteiger partial charge >= 0.3 is 0 Å². The van der Waals surface area contributed by atoms with Gasteiger partial charge in [-0.25, -0.2) is 4.98 Å². The van der Waals surface area contributed by atoms with E-state index in [2.05, 4.69) is 4.98 Å². The molecule has 0 amide bonds. The molecule has 0 bridgehead atoms. The van der Waals surface area contributed by atoms with E-state index in [1.807, 2.05) is 55.5 Å². The van der Waals surface area contributed by atoms with Crippen molar-refractivity contribution in [2.75, 3.05) is 0 Å². The number of benzene rings is 2. The minimum absolute atomic E-state index is 0.705. The van der Waals surface area contributed by atoms with Crippen molar-refractivity contribution >= 4 is 45.0 Å². The van der Waals surface area contributed by atoms with Crippen LogP contribution >= 0.6 is 23.2 Å². The summed E-state index contributed by atoms with van der Waals surface area (Å²) in [5, 5.41) is 3.43. The summed E-state index contributed by atoms with van der Waals surface area (Å²) >= 11 is 12.6. The lowest BCUT2D eigenvalue weighted by atomic mass is 10.1. The number of H-pyrrole nitrogens is 1. The molecule has 0 saturated heterocycles. The number of fused-ring (bicyclic) bond motifs is 2. The number of aromatic amines is 1. The number of hydrogen-bond acceptors (Lipinski definition) is 1. The summed E-state index contributed by atoms with van der Waals surface area (Å²) in [6.07, 6.45) is 0. The van der Waals surface area contributed by atoms with Gasteiger partial charge in [-0.15, -0.1) is 0 Å². The van der Waals surface area contributed by atoms with Crippen LogP contribution in [-0.4, -0.2) is 9.97 Å². The molecule has 22 heavy (non-hydrogen) atoms. The first-order chi connectivity index (χ1) is 10.6. The molecular weight excluding hydrogens is 315 g/mol. The van der Waals surface area contributed by atoms with E-state index in [1.165, 1.54) is 0 Å². The van der Waals surface area contributed by atoms with Gasteiger partial charge in [0.2, 0.25) is 0 Å². The lowest BCUT2D eigenvalue weighted by Gasteiger charge is -2.06. The first-order valence-corrected chi connectivity index (χ1v) is 7.72. The molecule has 4 aromatic rings. The molecule has 4 heteroatoms. The molecule has 0 aliphatic heterocycles. The standard InChI is InChI=1S/C18H12Cl2N2/c1-10-18(13-8-11(19)6-7-16(13)21-10)17-9-14(20)12-4-2-3-5-15(12)22-17/h2-9,21H,1H3. The second kappa shape index (κ2) is 5.01. The Morgan fingerprint density at radius 1 is 0.955 bits per heavy atom. The van der Waals surface area contributed by atoms with Crippen LogP contribution < -0.4 is 0 Å². The highest BCUT2D eigenvalue weighted by atomic mass is 35.5. The lowest BCUT2D eigenvalue weighted by molar-refractivity contribution is 1.28. The van der Waals surface area contributed by atoms with Crippen molar-refractivity contribution in [3.8, 4) is 11.3 Å². The van der Waals surface area contributed by atoms with Crippen LogP contribution in [0.1, 0.15) is 5.69 Å². The molecule has 1 N–H and O–H groups in total. The Hall–Kier alpha value is -2.03. The van der Waals surface area contributed by atoms with Gasteiger partial charge in [0.25, 0.3) is 0 Å². The summed E-state index contributed by atoms with van der Waals surface area (Å²) in [4.78, 5) is 8.15. The van der Waals surface area contributed by atoms with Crippen LogP contribution in [0.25, 0.3) is 33.1 Å². The molecule has 0 aliphatic carbocycles. The molecule has 0 radical (unpaired) electrons. The van der Waals surface area contributed by atoms with E-state index in [9.17, 15) is 0 Å². The number of rotatable bonds is 1. The van der Waals surface area contributed by atoms with Crippen molar-refractivity contribution in [1.29, 1.82) is 0 Å². The van der Waals surface area contributed by atoms with Crippen LogP contribution in [0.2, 0.25) is 10.0 Å². The zero-order chi connectivity index (χ0) is 15.3.